The third kappa shape index (κ3) is 2.80. The molecule has 1 rings (SSSR count). The summed E-state index contributed by atoms with van der Waals surface area (Å²) in [5.41, 5.74) is 2.62. The molecule has 0 bridgehead atoms. The molecule has 0 aliphatic heterocycles. The molecule has 2 nitrogen and oxygen atoms in total. The number of carbonyl (C=O) groups is 1. The highest BCUT2D eigenvalue weighted by Gasteiger charge is 2.37. The van der Waals surface area contributed by atoms with Crippen molar-refractivity contribution in [2.45, 2.75) is 47.0 Å². The van der Waals surface area contributed by atoms with Crippen molar-refractivity contribution >= 4 is 5.97 Å². The van der Waals surface area contributed by atoms with Crippen molar-refractivity contribution in [2.24, 2.45) is 17.3 Å². The third-order valence-electron chi connectivity index (χ3n) is 4.39. The molecule has 1 aliphatic carbocycles. The summed E-state index contributed by atoms with van der Waals surface area (Å²) in [7, 11) is 0. The molecule has 1 unspecified atom stereocenters. The van der Waals surface area contributed by atoms with Crippen LogP contribution in [0.3, 0.4) is 0 Å². The molecule has 96 valence electrons. The van der Waals surface area contributed by atoms with Gasteiger partial charge in [0.1, 0.15) is 0 Å². The summed E-state index contributed by atoms with van der Waals surface area (Å²) in [5, 5.41) is 9.09. The summed E-state index contributed by atoms with van der Waals surface area (Å²) in [6.45, 7) is 12.7. The molecule has 0 aromatic heterocycles. The van der Waals surface area contributed by atoms with Crippen molar-refractivity contribution in [3.05, 3.63) is 23.8 Å². The van der Waals surface area contributed by atoms with Crippen LogP contribution in [0.15, 0.2) is 23.8 Å². The highest BCUT2D eigenvalue weighted by Crippen LogP contribution is 2.47. The van der Waals surface area contributed by atoms with Crippen molar-refractivity contribution in [1.29, 1.82) is 0 Å². The lowest BCUT2D eigenvalue weighted by Crippen LogP contribution is -2.24. The van der Waals surface area contributed by atoms with Gasteiger partial charge in [-0.15, -0.1) is 0 Å². The van der Waals surface area contributed by atoms with E-state index < -0.39 is 5.97 Å². The molecular weight excluding hydrogens is 212 g/mol. The summed E-state index contributed by atoms with van der Waals surface area (Å²) >= 11 is 0. The highest BCUT2D eigenvalue weighted by molar-refractivity contribution is 5.70. The van der Waals surface area contributed by atoms with E-state index >= 15 is 0 Å². The largest absolute Gasteiger partial charge is 0.481 e. The smallest absolute Gasteiger partial charge is 0.306 e. The second-order valence-corrected chi connectivity index (χ2v) is 5.70. The predicted molar refractivity (Wildman–Crippen MR) is 70.8 cm³/mol. The van der Waals surface area contributed by atoms with E-state index in [1.54, 1.807) is 0 Å². The van der Waals surface area contributed by atoms with E-state index in [1.165, 1.54) is 5.57 Å². The maximum Gasteiger partial charge on any atom is 0.306 e. The first kappa shape index (κ1) is 14.0. The van der Waals surface area contributed by atoms with Gasteiger partial charge in [0, 0.05) is 0 Å². The number of hydrogen-bond acceptors (Lipinski definition) is 1. The van der Waals surface area contributed by atoms with Crippen LogP contribution in [0.2, 0.25) is 0 Å². The fraction of sp³-hybridized carbons (Fsp3) is 0.667. The highest BCUT2D eigenvalue weighted by atomic mass is 16.4. The van der Waals surface area contributed by atoms with E-state index in [9.17, 15) is 4.79 Å². The zero-order valence-corrected chi connectivity index (χ0v) is 11.4. The van der Waals surface area contributed by atoms with Crippen LogP contribution < -0.4 is 0 Å². The maximum atomic E-state index is 11.1. The summed E-state index contributed by atoms with van der Waals surface area (Å²) in [5.74, 6) is -0.579. The van der Waals surface area contributed by atoms with Crippen LogP contribution in [0.25, 0.3) is 0 Å². The Morgan fingerprint density at radius 1 is 1.65 bits per heavy atom. The van der Waals surface area contributed by atoms with E-state index in [1.807, 2.05) is 6.92 Å². The molecule has 0 amide bonds. The number of aliphatic carboxylic acids is 1. The van der Waals surface area contributed by atoms with Crippen molar-refractivity contribution < 1.29 is 9.90 Å². The van der Waals surface area contributed by atoms with Crippen LogP contribution in [-0.2, 0) is 4.79 Å². The predicted octanol–water partition coefficient (Wildman–Crippen LogP) is 4.04. The molecule has 0 saturated carbocycles. The Morgan fingerprint density at radius 3 is 2.59 bits per heavy atom. The molecule has 2 atom stereocenters. The first-order valence-corrected chi connectivity index (χ1v) is 6.38. The molecule has 1 aliphatic rings. The van der Waals surface area contributed by atoms with Gasteiger partial charge in [0.05, 0.1) is 5.92 Å². The minimum absolute atomic E-state index is 0.133. The normalized spacial score (nSPS) is 24.2. The Morgan fingerprint density at radius 2 is 2.24 bits per heavy atom. The van der Waals surface area contributed by atoms with Gasteiger partial charge < -0.3 is 5.11 Å². The van der Waals surface area contributed by atoms with Gasteiger partial charge in [-0.2, -0.15) is 0 Å². The van der Waals surface area contributed by atoms with Crippen LogP contribution in [0.1, 0.15) is 47.0 Å². The van der Waals surface area contributed by atoms with Gasteiger partial charge >= 0.3 is 5.97 Å². The van der Waals surface area contributed by atoms with Gasteiger partial charge in [-0.25, -0.2) is 0 Å². The molecule has 1 N–H and O–H groups in total. The van der Waals surface area contributed by atoms with Crippen LogP contribution in [0.5, 0.6) is 0 Å². The molecule has 0 fully saturated rings. The van der Waals surface area contributed by atoms with Gasteiger partial charge in [-0.1, -0.05) is 44.6 Å². The minimum Gasteiger partial charge on any atom is -0.481 e. The van der Waals surface area contributed by atoms with E-state index in [2.05, 4.69) is 33.4 Å². The van der Waals surface area contributed by atoms with Crippen LogP contribution >= 0.6 is 0 Å². The van der Waals surface area contributed by atoms with Gasteiger partial charge in [-0.05, 0) is 37.5 Å². The van der Waals surface area contributed by atoms with Gasteiger partial charge in [0.2, 0.25) is 0 Å². The monoisotopic (exact) mass is 236 g/mol. The Bertz CT molecular complexity index is 350. The lowest BCUT2D eigenvalue weighted by molar-refractivity contribution is -0.141. The molecule has 0 spiro atoms. The first-order valence-electron chi connectivity index (χ1n) is 6.38. The lowest BCUT2D eigenvalue weighted by Gasteiger charge is -2.32. The van der Waals surface area contributed by atoms with Crippen molar-refractivity contribution in [2.75, 3.05) is 0 Å². The number of rotatable bonds is 5. The van der Waals surface area contributed by atoms with Crippen molar-refractivity contribution in [3.63, 3.8) is 0 Å². The second kappa shape index (κ2) is 5.07. The lowest BCUT2D eigenvalue weighted by atomic mass is 9.72. The van der Waals surface area contributed by atoms with Gasteiger partial charge in [0.25, 0.3) is 0 Å². The Balaban J connectivity index is 2.70. The molecule has 0 aromatic carbocycles. The van der Waals surface area contributed by atoms with Crippen molar-refractivity contribution in [3.8, 4) is 0 Å². The minimum atomic E-state index is -0.700. The molecule has 0 radical (unpaired) electrons. The second-order valence-electron chi connectivity index (χ2n) is 5.70. The molecular formula is C15H24O2. The zero-order chi connectivity index (χ0) is 13.2. The zero-order valence-electron chi connectivity index (χ0n) is 11.4. The quantitative estimate of drug-likeness (QED) is 0.731. The van der Waals surface area contributed by atoms with Crippen LogP contribution in [-0.4, -0.2) is 11.1 Å². The number of allylic oxidation sites excluding steroid dienone is 3. The topological polar surface area (TPSA) is 37.3 Å². The fourth-order valence-electron chi connectivity index (χ4n) is 2.67. The average molecular weight is 236 g/mol. The van der Waals surface area contributed by atoms with Gasteiger partial charge in [0.15, 0.2) is 0 Å². The number of carboxylic acids is 1. The van der Waals surface area contributed by atoms with E-state index in [0.717, 1.165) is 12.0 Å². The Labute approximate surface area is 104 Å². The van der Waals surface area contributed by atoms with Crippen LogP contribution in [0, 0.1) is 17.3 Å². The van der Waals surface area contributed by atoms with Gasteiger partial charge in [-0.3, -0.25) is 4.79 Å². The SMILES string of the molecule is C=C(C[C@@H](CC)C(=O)O)C1CC=C(C)C1(C)C. The Hall–Kier alpha value is -1.05. The molecule has 0 saturated heterocycles. The molecule has 0 aromatic rings. The summed E-state index contributed by atoms with van der Waals surface area (Å²) in [6, 6.07) is 0. The van der Waals surface area contributed by atoms with E-state index in [4.69, 9.17) is 5.11 Å². The third-order valence-corrected chi connectivity index (χ3v) is 4.39. The van der Waals surface area contributed by atoms with Crippen molar-refractivity contribution in [1.82, 2.24) is 0 Å². The van der Waals surface area contributed by atoms with E-state index in [-0.39, 0.29) is 11.3 Å². The number of hydrogen-bond donors (Lipinski definition) is 1. The Kier molecular flexibility index (Phi) is 4.18. The fourth-order valence-corrected chi connectivity index (χ4v) is 2.67. The summed E-state index contributed by atoms with van der Waals surface area (Å²) in [6.07, 6.45) is 4.56. The van der Waals surface area contributed by atoms with E-state index in [0.29, 0.717) is 18.8 Å². The molecule has 17 heavy (non-hydrogen) atoms. The summed E-state index contributed by atoms with van der Waals surface area (Å²) in [4.78, 5) is 11.1. The van der Waals surface area contributed by atoms with Crippen LogP contribution in [0.4, 0.5) is 0 Å². The average Bonchev–Trinajstić information content (AvgIpc) is 2.50. The molecule has 2 heteroatoms. The summed E-state index contributed by atoms with van der Waals surface area (Å²) < 4.78 is 0. The number of carboxylic acid groups (broad SMARTS) is 1. The molecule has 0 heterocycles. The maximum absolute atomic E-state index is 11.1. The standard InChI is InChI=1S/C15H24O2/c1-6-12(14(16)17)9-10(2)13-8-7-11(3)15(13,4)5/h7,12-13H,2,6,8-9H2,1,3-5H3,(H,16,17)/t12-,13?/m1/s1. The first-order chi connectivity index (χ1) is 7.80.